The minimum atomic E-state index is -1.01. The number of ether oxygens (including phenoxy) is 1. The summed E-state index contributed by atoms with van der Waals surface area (Å²) in [5.41, 5.74) is 0.0155. The molecular weight excluding hydrogens is 513 g/mol. The average molecular weight is 539 g/mol. The van der Waals surface area contributed by atoms with Gasteiger partial charge in [-0.15, -0.1) is 0 Å². The molecule has 0 aliphatic heterocycles. The number of amides is 2. The Bertz CT molecular complexity index is 1190. The van der Waals surface area contributed by atoms with E-state index in [4.69, 9.17) is 39.5 Å². The molecule has 3 N–H and O–H groups in total. The molecule has 2 amide bonds. The summed E-state index contributed by atoms with van der Waals surface area (Å²) in [4.78, 5) is 23.5. The second-order valence-electron chi connectivity index (χ2n) is 8.27. The molecule has 3 aromatic rings. The summed E-state index contributed by atoms with van der Waals surface area (Å²) < 4.78 is 5.23. The highest BCUT2D eigenvalue weighted by atomic mass is 35.5. The third kappa shape index (κ3) is 6.67. The van der Waals surface area contributed by atoms with Crippen molar-refractivity contribution in [3.8, 4) is 5.75 Å². The van der Waals surface area contributed by atoms with Gasteiger partial charge in [-0.05, 0) is 57.2 Å². The van der Waals surface area contributed by atoms with Crippen LogP contribution in [-0.4, -0.2) is 39.9 Å². The maximum absolute atomic E-state index is 13.4. The Morgan fingerprint density at radius 1 is 1.11 bits per heavy atom. The number of hydrogen-bond acceptors (Lipinski definition) is 6. The van der Waals surface area contributed by atoms with Crippen molar-refractivity contribution in [2.45, 2.75) is 39.0 Å². The zero-order valence-corrected chi connectivity index (χ0v) is 21.9. The number of methoxy groups -OCH3 is 1. The molecule has 11 heteroatoms. The number of aliphatic hydroxyl groups is 1. The van der Waals surface area contributed by atoms with Crippen molar-refractivity contribution in [3.05, 3.63) is 69.3 Å². The number of hydrogen-bond donors (Lipinski definition) is 3. The van der Waals surface area contributed by atoms with Crippen molar-refractivity contribution >= 4 is 58.3 Å². The molecule has 0 spiro atoms. The highest BCUT2D eigenvalue weighted by Gasteiger charge is 2.25. The Kier molecular flexibility index (Phi) is 8.66. The van der Waals surface area contributed by atoms with Crippen LogP contribution in [0.15, 0.2) is 48.7 Å². The van der Waals surface area contributed by atoms with Crippen LogP contribution in [0.3, 0.4) is 0 Å². The number of nitrogens with zero attached hydrogens (tertiary/aromatic N) is 3. The first-order valence-electron chi connectivity index (χ1n) is 10.7. The first-order chi connectivity index (χ1) is 16.5. The fourth-order valence-corrected chi connectivity index (χ4v) is 3.65. The monoisotopic (exact) mass is 537 g/mol. The van der Waals surface area contributed by atoms with E-state index in [1.54, 1.807) is 63.4 Å². The van der Waals surface area contributed by atoms with Gasteiger partial charge in [-0.25, -0.2) is 14.7 Å². The van der Waals surface area contributed by atoms with Gasteiger partial charge in [-0.3, -0.25) is 0 Å². The van der Waals surface area contributed by atoms with Gasteiger partial charge in [0.05, 0.1) is 34.5 Å². The smallest absolute Gasteiger partial charge is 0.327 e. The second-order valence-corrected chi connectivity index (χ2v) is 9.46. The van der Waals surface area contributed by atoms with Crippen LogP contribution in [0.4, 0.5) is 22.2 Å². The molecule has 8 nitrogen and oxygen atoms in total. The fourth-order valence-electron chi connectivity index (χ4n) is 2.97. The van der Waals surface area contributed by atoms with Crippen LogP contribution in [0.25, 0.3) is 0 Å². The molecule has 1 unspecified atom stereocenters. The zero-order valence-electron chi connectivity index (χ0n) is 19.6. The fraction of sp³-hybridized carbons (Fsp3) is 0.292. The van der Waals surface area contributed by atoms with Gasteiger partial charge in [0.25, 0.3) is 0 Å². The maximum atomic E-state index is 13.4. The van der Waals surface area contributed by atoms with Crippen LogP contribution in [0.5, 0.6) is 5.75 Å². The lowest BCUT2D eigenvalue weighted by Gasteiger charge is -2.27. The summed E-state index contributed by atoms with van der Waals surface area (Å²) in [5.74, 6) is 1.19. The van der Waals surface area contributed by atoms with E-state index >= 15 is 0 Å². The van der Waals surface area contributed by atoms with Crippen LogP contribution in [0.1, 0.15) is 26.3 Å². The first-order valence-corrected chi connectivity index (χ1v) is 11.8. The molecule has 0 saturated carbocycles. The lowest BCUT2D eigenvalue weighted by atomic mass is 10.0. The van der Waals surface area contributed by atoms with Gasteiger partial charge in [0.2, 0.25) is 5.95 Å². The predicted octanol–water partition coefficient (Wildman–Crippen LogP) is 6.06. The number of halogens is 3. The van der Waals surface area contributed by atoms with Crippen molar-refractivity contribution in [1.29, 1.82) is 0 Å². The highest BCUT2D eigenvalue weighted by molar-refractivity contribution is 6.44. The molecule has 1 atom stereocenters. The molecule has 186 valence electrons. The normalized spacial score (nSPS) is 12.1. The van der Waals surface area contributed by atoms with Gasteiger partial charge in [-0.1, -0.05) is 34.8 Å². The number of rotatable bonds is 8. The topological polar surface area (TPSA) is 99.6 Å². The molecule has 0 aliphatic carbocycles. The number of nitrogens with one attached hydrogen (secondary N) is 2. The van der Waals surface area contributed by atoms with Crippen molar-refractivity contribution in [2.24, 2.45) is 0 Å². The van der Waals surface area contributed by atoms with Crippen LogP contribution in [-0.2, 0) is 6.54 Å². The van der Waals surface area contributed by atoms with Crippen LogP contribution < -0.4 is 20.3 Å². The summed E-state index contributed by atoms with van der Waals surface area (Å²) in [7, 11) is 1.56. The molecule has 1 heterocycles. The maximum Gasteiger partial charge on any atom is 0.327 e. The largest absolute Gasteiger partial charge is 0.497 e. The van der Waals surface area contributed by atoms with Gasteiger partial charge in [-0.2, -0.15) is 4.98 Å². The standard InChI is InChI=1S/C24H26Cl3N5O3/c1-14(24(2,3)34)30-22-28-12-11-20(31-22)32(15-5-7-16(35-4)8-6-15)23(33)29-13-17-18(25)9-10-19(26)21(17)27/h5-12,14,34H,13H2,1-4H3,(H,29,33)(H,28,30,31). The number of aromatic nitrogens is 2. The third-order valence-electron chi connectivity index (χ3n) is 5.36. The van der Waals surface area contributed by atoms with Crippen molar-refractivity contribution in [1.82, 2.24) is 15.3 Å². The molecule has 0 fully saturated rings. The molecule has 1 aromatic heterocycles. The van der Waals surface area contributed by atoms with E-state index in [1.807, 2.05) is 6.92 Å². The summed E-state index contributed by atoms with van der Waals surface area (Å²) in [6, 6.07) is 10.9. The molecular formula is C24H26Cl3N5O3. The minimum absolute atomic E-state index is 0.0373. The van der Waals surface area contributed by atoms with E-state index in [-0.39, 0.29) is 23.6 Å². The van der Waals surface area contributed by atoms with Gasteiger partial charge in [0.1, 0.15) is 11.6 Å². The van der Waals surface area contributed by atoms with Crippen LogP contribution in [0.2, 0.25) is 15.1 Å². The van der Waals surface area contributed by atoms with E-state index in [0.717, 1.165) is 0 Å². The molecule has 3 rings (SSSR count). The number of benzene rings is 2. The summed E-state index contributed by atoms with van der Waals surface area (Å²) in [5, 5.41) is 17.1. The van der Waals surface area contributed by atoms with E-state index in [1.165, 1.54) is 11.1 Å². The summed E-state index contributed by atoms with van der Waals surface area (Å²) in [6.45, 7) is 5.20. The van der Waals surface area contributed by atoms with Crippen molar-refractivity contribution < 1.29 is 14.6 Å². The molecule has 0 bridgehead atoms. The van der Waals surface area contributed by atoms with Gasteiger partial charge >= 0.3 is 6.03 Å². The number of carbonyl (C=O) groups excluding carboxylic acids is 1. The van der Waals surface area contributed by atoms with Gasteiger partial charge < -0.3 is 20.5 Å². The average Bonchev–Trinajstić information content (AvgIpc) is 2.82. The Balaban J connectivity index is 1.94. The molecule has 0 aliphatic rings. The SMILES string of the molecule is COc1ccc(N(C(=O)NCc2c(Cl)ccc(Cl)c2Cl)c2ccnc(NC(C)C(C)(C)O)n2)cc1. The lowest BCUT2D eigenvalue weighted by molar-refractivity contribution is 0.0646. The number of urea groups is 1. The molecule has 35 heavy (non-hydrogen) atoms. The Labute approximate surface area is 219 Å². The Morgan fingerprint density at radius 3 is 2.40 bits per heavy atom. The van der Waals surface area contributed by atoms with E-state index in [9.17, 15) is 9.90 Å². The Morgan fingerprint density at radius 2 is 1.77 bits per heavy atom. The second kappa shape index (κ2) is 11.3. The molecule has 0 radical (unpaired) electrons. The molecule has 0 saturated heterocycles. The summed E-state index contributed by atoms with van der Waals surface area (Å²) >= 11 is 18.7. The number of carbonyl (C=O) groups is 1. The van der Waals surface area contributed by atoms with Crippen molar-refractivity contribution in [2.75, 3.05) is 17.3 Å². The lowest BCUT2D eigenvalue weighted by Crippen LogP contribution is -2.40. The van der Waals surface area contributed by atoms with Crippen LogP contribution in [0, 0.1) is 0 Å². The van der Waals surface area contributed by atoms with E-state index < -0.39 is 11.6 Å². The Hall–Kier alpha value is -2.78. The third-order valence-corrected chi connectivity index (χ3v) is 6.56. The van der Waals surface area contributed by atoms with Crippen LogP contribution >= 0.6 is 34.8 Å². The quantitative estimate of drug-likeness (QED) is 0.301. The molecule has 2 aromatic carbocycles. The highest BCUT2D eigenvalue weighted by Crippen LogP contribution is 2.32. The number of anilines is 3. The van der Waals surface area contributed by atoms with Gasteiger partial charge in [0, 0.05) is 29.4 Å². The van der Waals surface area contributed by atoms with Gasteiger partial charge in [0.15, 0.2) is 0 Å². The first kappa shape index (κ1) is 26.8. The van der Waals surface area contributed by atoms with E-state index in [0.29, 0.717) is 32.9 Å². The predicted molar refractivity (Wildman–Crippen MR) is 140 cm³/mol. The zero-order chi connectivity index (χ0) is 25.8. The minimum Gasteiger partial charge on any atom is -0.497 e. The van der Waals surface area contributed by atoms with E-state index in [2.05, 4.69) is 20.6 Å². The van der Waals surface area contributed by atoms with Crippen molar-refractivity contribution in [3.63, 3.8) is 0 Å². The summed E-state index contributed by atoms with van der Waals surface area (Å²) in [6.07, 6.45) is 1.52.